The number of hydrogen-bond donors (Lipinski definition) is 0. The average molecular weight is 282 g/mol. The van der Waals surface area contributed by atoms with Crippen molar-refractivity contribution >= 4 is 27.9 Å². The summed E-state index contributed by atoms with van der Waals surface area (Å²) in [4.78, 5) is 16.4. The summed E-state index contributed by atoms with van der Waals surface area (Å²) in [5.74, 6) is 1.27. The van der Waals surface area contributed by atoms with Crippen LogP contribution in [0.15, 0.2) is 28.8 Å². The molecule has 1 aliphatic rings. The van der Waals surface area contributed by atoms with Gasteiger partial charge in [0.15, 0.2) is 11.5 Å². The van der Waals surface area contributed by atoms with E-state index < -0.39 is 0 Å². The fourth-order valence-electron chi connectivity index (χ4n) is 3.41. The van der Waals surface area contributed by atoms with Crippen molar-refractivity contribution in [3.63, 3.8) is 0 Å². The fourth-order valence-corrected chi connectivity index (χ4v) is 3.41. The molecule has 1 fully saturated rings. The van der Waals surface area contributed by atoms with Gasteiger partial charge in [0, 0.05) is 24.4 Å². The number of nitrogens with zero attached hydrogens (tertiary/aromatic N) is 2. The highest BCUT2D eigenvalue weighted by molar-refractivity contribution is 6.05. The highest BCUT2D eigenvalue weighted by atomic mass is 16.3. The molecular formula is C17H18N2O2. The first kappa shape index (κ1) is 12.6. The van der Waals surface area contributed by atoms with Gasteiger partial charge in [0.1, 0.15) is 11.0 Å². The molecule has 4 heteroatoms. The van der Waals surface area contributed by atoms with Crippen molar-refractivity contribution < 1.29 is 9.21 Å². The minimum Gasteiger partial charge on any atom is -0.438 e. The van der Waals surface area contributed by atoms with Crippen molar-refractivity contribution in [1.82, 2.24) is 9.55 Å². The van der Waals surface area contributed by atoms with E-state index in [0.717, 1.165) is 40.7 Å². The number of hydrogen-bond acceptors (Lipinski definition) is 3. The second kappa shape index (κ2) is 4.72. The van der Waals surface area contributed by atoms with Gasteiger partial charge in [-0.15, -0.1) is 0 Å². The monoisotopic (exact) mass is 282 g/mol. The summed E-state index contributed by atoms with van der Waals surface area (Å²) < 4.78 is 7.73. The van der Waals surface area contributed by atoms with Crippen LogP contribution in [0.5, 0.6) is 0 Å². The Balaban J connectivity index is 1.91. The largest absolute Gasteiger partial charge is 0.438 e. The van der Waals surface area contributed by atoms with E-state index in [9.17, 15) is 4.79 Å². The van der Waals surface area contributed by atoms with Gasteiger partial charge in [0.05, 0.1) is 0 Å². The zero-order valence-corrected chi connectivity index (χ0v) is 12.1. The predicted molar refractivity (Wildman–Crippen MR) is 81.6 cm³/mol. The number of aromatic nitrogens is 2. The number of carbonyl (C=O) groups excluding carboxylic acids is 1. The van der Waals surface area contributed by atoms with E-state index in [1.807, 2.05) is 18.2 Å². The summed E-state index contributed by atoms with van der Waals surface area (Å²) in [6.07, 6.45) is 7.93. The standard InChI is InChI=1S/C17H18N2O2/c1-11(20)19-10-9-12-7-8-14-16(15(12)19)21-17(18-14)13-5-3-2-4-6-13/h7-10,13H,2-6H2,1H3. The summed E-state index contributed by atoms with van der Waals surface area (Å²) in [6.45, 7) is 1.57. The topological polar surface area (TPSA) is 48.0 Å². The molecule has 3 aromatic rings. The Morgan fingerprint density at radius 2 is 2.05 bits per heavy atom. The van der Waals surface area contributed by atoms with Gasteiger partial charge in [-0.05, 0) is 25.0 Å². The average Bonchev–Trinajstić information content (AvgIpc) is 3.11. The molecule has 108 valence electrons. The second-order valence-corrected chi connectivity index (χ2v) is 5.94. The zero-order valence-electron chi connectivity index (χ0n) is 12.1. The highest BCUT2D eigenvalue weighted by Gasteiger charge is 2.22. The van der Waals surface area contributed by atoms with Crippen LogP contribution in [0.4, 0.5) is 0 Å². The molecule has 4 nitrogen and oxygen atoms in total. The van der Waals surface area contributed by atoms with E-state index in [-0.39, 0.29) is 5.91 Å². The molecule has 1 saturated carbocycles. The molecule has 2 heterocycles. The van der Waals surface area contributed by atoms with Crippen LogP contribution in [0.2, 0.25) is 0 Å². The van der Waals surface area contributed by atoms with Crippen molar-refractivity contribution in [2.24, 2.45) is 0 Å². The normalized spacial score (nSPS) is 16.8. The number of carbonyl (C=O) groups is 1. The van der Waals surface area contributed by atoms with Crippen LogP contribution in [-0.4, -0.2) is 15.5 Å². The quantitative estimate of drug-likeness (QED) is 0.660. The van der Waals surface area contributed by atoms with Crippen molar-refractivity contribution in [2.75, 3.05) is 0 Å². The van der Waals surface area contributed by atoms with Gasteiger partial charge in [-0.1, -0.05) is 25.3 Å². The van der Waals surface area contributed by atoms with Crippen LogP contribution in [0.25, 0.3) is 22.0 Å². The Kier molecular flexibility index (Phi) is 2.84. The fraction of sp³-hybridized carbons (Fsp3) is 0.412. The van der Waals surface area contributed by atoms with Crippen LogP contribution in [0, 0.1) is 0 Å². The third-order valence-corrected chi connectivity index (χ3v) is 4.52. The lowest BCUT2D eigenvalue weighted by atomic mass is 9.89. The zero-order chi connectivity index (χ0) is 14.4. The van der Waals surface area contributed by atoms with Crippen molar-refractivity contribution in [2.45, 2.75) is 44.9 Å². The van der Waals surface area contributed by atoms with E-state index in [1.165, 1.54) is 19.3 Å². The molecule has 0 bridgehead atoms. The first-order valence-corrected chi connectivity index (χ1v) is 7.65. The molecule has 0 aliphatic heterocycles. The molecule has 4 rings (SSSR count). The molecular weight excluding hydrogens is 264 g/mol. The Labute approximate surface area is 122 Å². The molecule has 0 saturated heterocycles. The number of rotatable bonds is 1. The van der Waals surface area contributed by atoms with E-state index in [0.29, 0.717) is 5.92 Å². The maximum absolute atomic E-state index is 11.8. The van der Waals surface area contributed by atoms with Crippen molar-refractivity contribution in [3.05, 3.63) is 30.3 Å². The summed E-state index contributed by atoms with van der Waals surface area (Å²) in [5.41, 5.74) is 2.44. The minimum atomic E-state index is -0.00637. The molecule has 0 unspecified atom stereocenters. The smallest absolute Gasteiger partial charge is 0.228 e. The third kappa shape index (κ3) is 1.97. The number of fused-ring (bicyclic) bond motifs is 3. The maximum Gasteiger partial charge on any atom is 0.228 e. The molecule has 0 N–H and O–H groups in total. The van der Waals surface area contributed by atoms with Gasteiger partial charge < -0.3 is 4.42 Å². The van der Waals surface area contributed by atoms with E-state index in [2.05, 4.69) is 4.98 Å². The SMILES string of the molecule is CC(=O)n1ccc2ccc3nc(C4CCCCC4)oc3c21. The third-order valence-electron chi connectivity index (χ3n) is 4.52. The van der Waals surface area contributed by atoms with Crippen molar-refractivity contribution in [3.8, 4) is 0 Å². The molecule has 1 aliphatic carbocycles. The second-order valence-electron chi connectivity index (χ2n) is 5.94. The van der Waals surface area contributed by atoms with Crippen LogP contribution >= 0.6 is 0 Å². The summed E-state index contributed by atoms with van der Waals surface area (Å²) in [7, 11) is 0. The molecule has 0 atom stereocenters. The van der Waals surface area contributed by atoms with Gasteiger partial charge in [0.25, 0.3) is 0 Å². The lowest BCUT2D eigenvalue weighted by Gasteiger charge is -2.17. The highest BCUT2D eigenvalue weighted by Crippen LogP contribution is 2.35. The number of oxazole rings is 1. The van der Waals surface area contributed by atoms with Gasteiger partial charge in [-0.2, -0.15) is 0 Å². The lowest BCUT2D eigenvalue weighted by Crippen LogP contribution is -2.04. The predicted octanol–water partition coefficient (Wildman–Crippen LogP) is 4.49. The molecule has 1 aromatic carbocycles. The first-order valence-electron chi connectivity index (χ1n) is 7.65. The van der Waals surface area contributed by atoms with Gasteiger partial charge in [-0.3, -0.25) is 9.36 Å². The van der Waals surface area contributed by atoms with Crippen LogP contribution < -0.4 is 0 Å². The minimum absolute atomic E-state index is 0.00637. The van der Waals surface area contributed by atoms with Gasteiger partial charge >= 0.3 is 0 Å². The lowest BCUT2D eigenvalue weighted by molar-refractivity contribution is 0.0941. The first-order chi connectivity index (χ1) is 10.2. The molecule has 0 amide bonds. The molecule has 2 aromatic heterocycles. The number of benzene rings is 1. The Hall–Kier alpha value is -2.10. The summed E-state index contributed by atoms with van der Waals surface area (Å²) in [5, 5.41) is 1.02. The van der Waals surface area contributed by atoms with Gasteiger partial charge in [0.2, 0.25) is 5.91 Å². The Bertz CT molecular complexity index is 822. The molecule has 21 heavy (non-hydrogen) atoms. The maximum atomic E-state index is 11.8. The Morgan fingerprint density at radius 3 is 2.81 bits per heavy atom. The van der Waals surface area contributed by atoms with Crippen LogP contribution in [0.1, 0.15) is 55.6 Å². The Morgan fingerprint density at radius 1 is 1.24 bits per heavy atom. The van der Waals surface area contributed by atoms with Crippen LogP contribution in [0.3, 0.4) is 0 Å². The summed E-state index contributed by atoms with van der Waals surface area (Å²) in [6, 6.07) is 5.93. The van der Waals surface area contributed by atoms with Gasteiger partial charge in [-0.25, -0.2) is 4.98 Å². The summed E-state index contributed by atoms with van der Waals surface area (Å²) >= 11 is 0. The molecule has 0 radical (unpaired) electrons. The molecule has 0 spiro atoms. The van der Waals surface area contributed by atoms with Crippen LogP contribution in [-0.2, 0) is 0 Å². The van der Waals surface area contributed by atoms with E-state index in [1.54, 1.807) is 17.7 Å². The van der Waals surface area contributed by atoms with Crippen molar-refractivity contribution in [1.29, 1.82) is 0 Å². The van der Waals surface area contributed by atoms with E-state index in [4.69, 9.17) is 4.42 Å². The van der Waals surface area contributed by atoms with E-state index >= 15 is 0 Å².